The molecule has 3 aromatic rings. The van der Waals surface area contributed by atoms with E-state index in [0.29, 0.717) is 23.6 Å². The minimum absolute atomic E-state index is 0.0732. The van der Waals surface area contributed by atoms with Crippen molar-refractivity contribution in [1.82, 2.24) is 10.3 Å². The summed E-state index contributed by atoms with van der Waals surface area (Å²) >= 11 is 3.60. The number of carbonyl (C=O) groups is 1. The molecule has 2 aromatic carbocycles. The first kappa shape index (κ1) is 21.8. The number of hydrogen-bond acceptors (Lipinski definition) is 4. The van der Waals surface area contributed by atoms with Gasteiger partial charge in [0.15, 0.2) is 11.5 Å². The van der Waals surface area contributed by atoms with Gasteiger partial charge in [-0.1, -0.05) is 34.1 Å². The van der Waals surface area contributed by atoms with Crippen LogP contribution in [-0.2, 0) is 6.42 Å². The second kappa shape index (κ2) is 10.8. The lowest BCUT2D eigenvalue weighted by Gasteiger charge is -2.12. The number of amides is 1. The molecule has 0 saturated carbocycles. The summed E-state index contributed by atoms with van der Waals surface area (Å²) in [5.74, 6) is 1.27. The van der Waals surface area contributed by atoms with Crippen molar-refractivity contribution < 1.29 is 14.3 Å². The Labute approximate surface area is 185 Å². The van der Waals surface area contributed by atoms with Gasteiger partial charge in [0.25, 0.3) is 5.91 Å². The number of nitrogens with zero attached hydrogens (tertiary/aromatic N) is 1. The van der Waals surface area contributed by atoms with Gasteiger partial charge in [-0.3, -0.25) is 9.78 Å². The van der Waals surface area contributed by atoms with Crippen molar-refractivity contribution >= 4 is 21.8 Å². The fourth-order valence-electron chi connectivity index (χ4n) is 3.20. The molecule has 1 amide bonds. The Kier molecular flexibility index (Phi) is 7.85. The molecular formula is C24H25BrN2O3. The van der Waals surface area contributed by atoms with Crippen LogP contribution in [0.4, 0.5) is 0 Å². The maximum Gasteiger partial charge on any atom is 0.251 e. The van der Waals surface area contributed by atoms with Gasteiger partial charge in [-0.15, -0.1) is 0 Å². The number of halogens is 1. The Hall–Kier alpha value is -2.86. The zero-order chi connectivity index (χ0) is 21.3. The predicted octanol–water partition coefficient (Wildman–Crippen LogP) is 5.28. The van der Waals surface area contributed by atoms with E-state index >= 15 is 0 Å². The lowest BCUT2D eigenvalue weighted by atomic mass is 10.0. The second-order valence-electron chi connectivity index (χ2n) is 6.84. The van der Waals surface area contributed by atoms with E-state index in [-0.39, 0.29) is 5.91 Å². The van der Waals surface area contributed by atoms with E-state index < -0.39 is 0 Å². The van der Waals surface area contributed by atoms with Crippen molar-refractivity contribution in [3.63, 3.8) is 0 Å². The Morgan fingerprint density at radius 2 is 1.87 bits per heavy atom. The van der Waals surface area contributed by atoms with Crippen LogP contribution in [0.25, 0.3) is 11.1 Å². The minimum Gasteiger partial charge on any atom is -0.493 e. The molecule has 0 spiro atoms. The average Bonchev–Trinajstić information content (AvgIpc) is 2.78. The van der Waals surface area contributed by atoms with Crippen molar-refractivity contribution in [3.8, 4) is 22.6 Å². The second-order valence-corrected chi connectivity index (χ2v) is 7.69. The molecule has 0 aliphatic carbocycles. The summed E-state index contributed by atoms with van der Waals surface area (Å²) < 4.78 is 11.5. The topological polar surface area (TPSA) is 60.5 Å². The minimum atomic E-state index is -0.0732. The van der Waals surface area contributed by atoms with Gasteiger partial charge < -0.3 is 14.8 Å². The number of aromatic nitrogens is 1. The predicted molar refractivity (Wildman–Crippen MR) is 122 cm³/mol. The van der Waals surface area contributed by atoms with Gasteiger partial charge in [0.1, 0.15) is 0 Å². The molecule has 0 saturated heterocycles. The van der Waals surface area contributed by atoms with E-state index in [2.05, 4.69) is 32.3 Å². The molecule has 5 nitrogen and oxygen atoms in total. The molecule has 3 rings (SSSR count). The largest absolute Gasteiger partial charge is 0.493 e. The molecule has 0 unspecified atom stereocenters. The van der Waals surface area contributed by atoms with Gasteiger partial charge in [-0.05, 0) is 66.3 Å². The van der Waals surface area contributed by atoms with Gasteiger partial charge in [0, 0.05) is 29.0 Å². The van der Waals surface area contributed by atoms with E-state index in [9.17, 15) is 4.79 Å². The molecule has 6 heteroatoms. The molecular weight excluding hydrogens is 444 g/mol. The first-order chi connectivity index (χ1) is 14.6. The standard InChI is InChI=1S/C24H25BrN2O3/c1-29-22-11-9-18(15-23(22)30-2)20-10-8-19(14-21(20)25)24(28)27-13-4-3-6-17-7-5-12-26-16-17/h5,7-12,14-16H,3-4,6,13H2,1-2H3,(H,27,28). The van der Waals surface area contributed by atoms with Crippen molar-refractivity contribution in [2.75, 3.05) is 20.8 Å². The molecule has 0 aliphatic rings. The third-order valence-electron chi connectivity index (χ3n) is 4.83. The maximum absolute atomic E-state index is 12.5. The lowest BCUT2D eigenvalue weighted by molar-refractivity contribution is 0.0953. The van der Waals surface area contributed by atoms with Crippen LogP contribution in [0, 0.1) is 0 Å². The molecule has 156 valence electrons. The van der Waals surface area contributed by atoms with Crippen LogP contribution < -0.4 is 14.8 Å². The fourth-order valence-corrected chi connectivity index (χ4v) is 3.81. The van der Waals surface area contributed by atoms with E-state index in [4.69, 9.17) is 9.47 Å². The Balaban J connectivity index is 1.57. The van der Waals surface area contributed by atoms with E-state index in [1.165, 1.54) is 5.56 Å². The average molecular weight is 469 g/mol. The third kappa shape index (κ3) is 5.60. The highest BCUT2D eigenvalue weighted by Gasteiger charge is 2.12. The monoisotopic (exact) mass is 468 g/mol. The first-order valence-corrected chi connectivity index (χ1v) is 10.6. The summed E-state index contributed by atoms with van der Waals surface area (Å²) in [6, 6.07) is 15.4. The number of aryl methyl sites for hydroxylation is 1. The van der Waals surface area contributed by atoms with E-state index in [0.717, 1.165) is 34.9 Å². The Morgan fingerprint density at radius 1 is 1.03 bits per heavy atom. The third-order valence-corrected chi connectivity index (χ3v) is 5.48. The summed E-state index contributed by atoms with van der Waals surface area (Å²) in [7, 11) is 3.22. The normalized spacial score (nSPS) is 10.5. The van der Waals surface area contributed by atoms with Crippen LogP contribution in [0.1, 0.15) is 28.8 Å². The van der Waals surface area contributed by atoms with Crippen molar-refractivity contribution in [1.29, 1.82) is 0 Å². The van der Waals surface area contributed by atoms with Crippen LogP contribution in [0.3, 0.4) is 0 Å². The quantitative estimate of drug-likeness (QED) is 0.433. The van der Waals surface area contributed by atoms with Crippen LogP contribution >= 0.6 is 15.9 Å². The number of benzene rings is 2. The van der Waals surface area contributed by atoms with Gasteiger partial charge >= 0.3 is 0 Å². The summed E-state index contributed by atoms with van der Waals surface area (Å²) in [6.45, 7) is 0.647. The number of nitrogens with one attached hydrogen (secondary N) is 1. The zero-order valence-corrected chi connectivity index (χ0v) is 18.7. The van der Waals surface area contributed by atoms with Crippen LogP contribution in [0.2, 0.25) is 0 Å². The molecule has 1 heterocycles. The Morgan fingerprint density at radius 3 is 2.57 bits per heavy atom. The maximum atomic E-state index is 12.5. The van der Waals surface area contributed by atoms with Crippen molar-refractivity contribution in [2.24, 2.45) is 0 Å². The summed E-state index contributed by atoms with van der Waals surface area (Å²) in [5.41, 5.74) is 3.79. The highest BCUT2D eigenvalue weighted by Crippen LogP contribution is 2.35. The molecule has 0 atom stereocenters. The van der Waals surface area contributed by atoms with Crippen molar-refractivity contribution in [2.45, 2.75) is 19.3 Å². The number of ether oxygens (including phenoxy) is 2. The summed E-state index contributed by atoms with van der Waals surface area (Å²) in [4.78, 5) is 16.6. The van der Waals surface area contributed by atoms with Crippen LogP contribution in [0.15, 0.2) is 65.4 Å². The highest BCUT2D eigenvalue weighted by atomic mass is 79.9. The van der Waals surface area contributed by atoms with Crippen LogP contribution in [-0.4, -0.2) is 31.7 Å². The number of methoxy groups -OCH3 is 2. The number of hydrogen-bond donors (Lipinski definition) is 1. The molecule has 0 aliphatic heterocycles. The molecule has 0 bridgehead atoms. The summed E-state index contributed by atoms with van der Waals surface area (Å²) in [6.07, 6.45) is 6.56. The first-order valence-electron chi connectivity index (χ1n) is 9.81. The molecule has 0 radical (unpaired) electrons. The van der Waals surface area contributed by atoms with Crippen LogP contribution in [0.5, 0.6) is 11.5 Å². The zero-order valence-electron chi connectivity index (χ0n) is 17.2. The number of unbranched alkanes of at least 4 members (excludes halogenated alkanes) is 1. The van der Waals surface area contributed by atoms with E-state index in [1.54, 1.807) is 20.4 Å². The summed E-state index contributed by atoms with van der Waals surface area (Å²) in [5, 5.41) is 2.99. The molecule has 0 fully saturated rings. The van der Waals surface area contributed by atoms with Gasteiger partial charge in [-0.2, -0.15) is 0 Å². The highest BCUT2D eigenvalue weighted by molar-refractivity contribution is 9.10. The van der Waals surface area contributed by atoms with E-state index in [1.807, 2.05) is 48.7 Å². The van der Waals surface area contributed by atoms with Crippen molar-refractivity contribution in [3.05, 3.63) is 76.5 Å². The molecule has 1 N–H and O–H groups in total. The van der Waals surface area contributed by atoms with Gasteiger partial charge in [0.2, 0.25) is 0 Å². The lowest BCUT2D eigenvalue weighted by Crippen LogP contribution is -2.24. The SMILES string of the molecule is COc1ccc(-c2ccc(C(=O)NCCCCc3cccnc3)cc2Br)cc1OC. The fraction of sp³-hybridized carbons (Fsp3) is 0.250. The smallest absolute Gasteiger partial charge is 0.251 e. The molecule has 1 aromatic heterocycles. The number of rotatable bonds is 9. The van der Waals surface area contributed by atoms with Gasteiger partial charge in [-0.25, -0.2) is 0 Å². The number of pyridine rings is 1. The Bertz CT molecular complexity index is 993. The molecule has 30 heavy (non-hydrogen) atoms. The number of carbonyl (C=O) groups excluding carboxylic acids is 1. The van der Waals surface area contributed by atoms with Gasteiger partial charge in [0.05, 0.1) is 14.2 Å².